The lowest BCUT2D eigenvalue weighted by molar-refractivity contribution is -0.129. The lowest BCUT2D eigenvalue weighted by Gasteiger charge is -2.26. The third-order valence-corrected chi connectivity index (χ3v) is 7.02. The highest BCUT2D eigenvalue weighted by Crippen LogP contribution is 2.24. The first-order valence-electron chi connectivity index (χ1n) is 9.24. The maximum atomic E-state index is 12.8. The zero-order valence-electron chi connectivity index (χ0n) is 15.1. The summed E-state index contributed by atoms with van der Waals surface area (Å²) in [5.74, 6) is -0.683. The van der Waals surface area contributed by atoms with E-state index in [2.05, 4.69) is 0 Å². The van der Waals surface area contributed by atoms with E-state index in [-0.39, 0.29) is 16.2 Å². The molecular weight excluding hydrogens is 354 g/mol. The standard InChI is InChI=1S/C19H25NO5S/c1-14-9-10-15(26(23,24)20-11-5-2-6-12-20)13-16(14)19(22)25-18-8-4-3-7-17(18)21/h9-10,13,18H,2-8,11-12H2,1H3/t18-/m1/s1. The van der Waals surface area contributed by atoms with Crippen LogP contribution < -0.4 is 0 Å². The zero-order chi connectivity index (χ0) is 18.7. The number of ketones is 1. The van der Waals surface area contributed by atoms with Gasteiger partial charge in [0.1, 0.15) is 0 Å². The fraction of sp³-hybridized carbons (Fsp3) is 0.579. The SMILES string of the molecule is Cc1ccc(S(=O)(=O)N2CCCCC2)cc1C(=O)O[C@@H]1CCCCC1=O. The summed E-state index contributed by atoms with van der Waals surface area (Å²) in [4.78, 5) is 24.6. The summed E-state index contributed by atoms with van der Waals surface area (Å²) < 4.78 is 32.5. The molecule has 1 aliphatic carbocycles. The molecule has 0 aromatic heterocycles. The lowest BCUT2D eigenvalue weighted by Crippen LogP contribution is -2.35. The van der Waals surface area contributed by atoms with Gasteiger partial charge in [-0.15, -0.1) is 0 Å². The number of nitrogens with zero attached hydrogens (tertiary/aromatic N) is 1. The zero-order valence-corrected chi connectivity index (χ0v) is 15.9. The molecule has 1 aromatic rings. The number of rotatable bonds is 4. The molecule has 1 aliphatic heterocycles. The summed E-state index contributed by atoms with van der Waals surface area (Å²) in [6.07, 6.45) is 4.68. The predicted molar refractivity (Wildman–Crippen MR) is 96.5 cm³/mol. The second kappa shape index (κ2) is 7.88. The Bertz CT molecular complexity index is 796. The summed E-state index contributed by atoms with van der Waals surface area (Å²) in [6.45, 7) is 2.75. The number of Topliss-reactive ketones (excluding diaryl/α,β-unsaturated/α-hetero) is 1. The van der Waals surface area contributed by atoms with Crippen molar-refractivity contribution in [1.82, 2.24) is 4.31 Å². The molecule has 0 bridgehead atoms. The average molecular weight is 379 g/mol. The van der Waals surface area contributed by atoms with E-state index in [1.165, 1.54) is 16.4 Å². The first kappa shape index (κ1) is 19.0. The molecule has 2 fully saturated rings. The van der Waals surface area contributed by atoms with Crippen LogP contribution in [0.25, 0.3) is 0 Å². The number of ether oxygens (including phenoxy) is 1. The Kier molecular flexibility index (Phi) is 5.77. The Morgan fingerprint density at radius 2 is 1.85 bits per heavy atom. The first-order chi connectivity index (χ1) is 12.4. The van der Waals surface area contributed by atoms with Gasteiger partial charge in [-0.05, 0) is 56.7 Å². The largest absolute Gasteiger partial charge is 0.451 e. The minimum atomic E-state index is -3.62. The van der Waals surface area contributed by atoms with E-state index in [0.717, 1.165) is 32.1 Å². The van der Waals surface area contributed by atoms with Crippen molar-refractivity contribution >= 4 is 21.8 Å². The predicted octanol–water partition coefficient (Wildman–Crippen LogP) is 2.84. The number of carbonyl (C=O) groups is 2. The third-order valence-electron chi connectivity index (χ3n) is 5.13. The smallest absolute Gasteiger partial charge is 0.339 e. The van der Waals surface area contributed by atoms with Crippen LogP contribution in [-0.4, -0.2) is 43.7 Å². The summed E-state index contributed by atoms with van der Waals surface area (Å²) in [5.41, 5.74) is 0.845. The monoisotopic (exact) mass is 379 g/mol. The minimum absolute atomic E-state index is 0.0562. The van der Waals surface area contributed by atoms with Gasteiger partial charge in [0.05, 0.1) is 10.5 Å². The number of sulfonamides is 1. The van der Waals surface area contributed by atoms with Crippen molar-refractivity contribution in [2.45, 2.75) is 62.9 Å². The third kappa shape index (κ3) is 3.99. The van der Waals surface area contributed by atoms with Gasteiger partial charge in [-0.1, -0.05) is 12.5 Å². The molecule has 0 spiro atoms. The van der Waals surface area contributed by atoms with Crippen LogP contribution >= 0.6 is 0 Å². The maximum absolute atomic E-state index is 12.8. The van der Waals surface area contributed by atoms with Gasteiger partial charge in [0.15, 0.2) is 11.9 Å². The van der Waals surface area contributed by atoms with Crippen molar-refractivity contribution in [3.05, 3.63) is 29.3 Å². The van der Waals surface area contributed by atoms with E-state index in [4.69, 9.17) is 4.74 Å². The summed E-state index contributed by atoms with van der Waals surface area (Å²) >= 11 is 0. The summed E-state index contributed by atoms with van der Waals surface area (Å²) in [5, 5.41) is 0. The molecule has 7 heteroatoms. The molecule has 26 heavy (non-hydrogen) atoms. The van der Waals surface area contributed by atoms with Gasteiger partial charge in [-0.3, -0.25) is 4.79 Å². The van der Waals surface area contributed by atoms with Crippen molar-refractivity contribution in [3.8, 4) is 0 Å². The minimum Gasteiger partial charge on any atom is -0.451 e. The van der Waals surface area contributed by atoms with Crippen molar-refractivity contribution in [2.75, 3.05) is 13.1 Å². The van der Waals surface area contributed by atoms with Crippen molar-refractivity contribution < 1.29 is 22.7 Å². The molecule has 0 amide bonds. The molecule has 1 saturated heterocycles. The Balaban J connectivity index is 1.83. The van der Waals surface area contributed by atoms with Gasteiger partial charge in [0.2, 0.25) is 10.0 Å². The van der Waals surface area contributed by atoms with Crippen LogP contribution in [0.1, 0.15) is 60.9 Å². The number of hydrogen-bond acceptors (Lipinski definition) is 5. The lowest BCUT2D eigenvalue weighted by atomic mass is 9.96. The van der Waals surface area contributed by atoms with Crippen molar-refractivity contribution in [1.29, 1.82) is 0 Å². The molecule has 0 radical (unpaired) electrons. The van der Waals surface area contributed by atoms with Gasteiger partial charge in [0, 0.05) is 19.5 Å². The molecular formula is C19H25NO5S. The molecule has 3 rings (SSSR count). The van der Waals surface area contributed by atoms with Crippen LogP contribution in [0.3, 0.4) is 0 Å². The van der Waals surface area contributed by atoms with E-state index in [0.29, 0.717) is 31.5 Å². The second-order valence-corrected chi connectivity index (χ2v) is 8.99. The number of hydrogen-bond donors (Lipinski definition) is 0. The normalized spacial score (nSPS) is 22.2. The molecule has 0 N–H and O–H groups in total. The van der Waals surface area contributed by atoms with E-state index in [1.54, 1.807) is 13.0 Å². The van der Waals surface area contributed by atoms with Gasteiger partial charge in [0.25, 0.3) is 0 Å². The topological polar surface area (TPSA) is 80.8 Å². The Morgan fingerprint density at radius 3 is 2.54 bits per heavy atom. The van der Waals surface area contributed by atoms with Gasteiger partial charge in [-0.25, -0.2) is 13.2 Å². The number of benzene rings is 1. The Morgan fingerprint density at radius 1 is 1.12 bits per heavy atom. The van der Waals surface area contributed by atoms with Gasteiger partial charge in [-0.2, -0.15) is 4.31 Å². The van der Waals surface area contributed by atoms with Gasteiger partial charge < -0.3 is 4.74 Å². The highest BCUT2D eigenvalue weighted by molar-refractivity contribution is 7.89. The van der Waals surface area contributed by atoms with E-state index in [1.807, 2.05) is 0 Å². The molecule has 1 atom stereocenters. The Hall–Kier alpha value is -1.73. The van der Waals surface area contributed by atoms with Crippen LogP contribution in [0.5, 0.6) is 0 Å². The molecule has 6 nitrogen and oxygen atoms in total. The molecule has 0 unspecified atom stereocenters. The summed E-state index contributed by atoms with van der Waals surface area (Å²) in [6, 6.07) is 4.53. The molecule has 1 aromatic carbocycles. The number of esters is 1. The van der Waals surface area contributed by atoms with E-state index in [9.17, 15) is 18.0 Å². The number of aryl methyl sites for hydroxylation is 1. The van der Waals surface area contributed by atoms with Crippen LogP contribution in [-0.2, 0) is 19.6 Å². The maximum Gasteiger partial charge on any atom is 0.339 e. The highest BCUT2D eigenvalue weighted by atomic mass is 32.2. The second-order valence-electron chi connectivity index (χ2n) is 7.05. The molecule has 1 saturated carbocycles. The van der Waals surface area contributed by atoms with E-state index >= 15 is 0 Å². The molecule has 2 aliphatic rings. The van der Waals surface area contributed by atoms with Crippen LogP contribution in [0.15, 0.2) is 23.1 Å². The quantitative estimate of drug-likeness (QED) is 0.752. The van der Waals surface area contributed by atoms with Crippen molar-refractivity contribution in [2.24, 2.45) is 0 Å². The molecule has 142 valence electrons. The fourth-order valence-corrected chi connectivity index (χ4v) is 5.05. The van der Waals surface area contributed by atoms with Crippen LogP contribution in [0, 0.1) is 6.92 Å². The number of carbonyl (C=O) groups excluding carboxylic acids is 2. The van der Waals surface area contributed by atoms with Crippen molar-refractivity contribution in [3.63, 3.8) is 0 Å². The van der Waals surface area contributed by atoms with Crippen LogP contribution in [0.4, 0.5) is 0 Å². The fourth-order valence-electron chi connectivity index (χ4n) is 3.50. The Labute approximate surface area is 154 Å². The molecule has 1 heterocycles. The first-order valence-corrected chi connectivity index (χ1v) is 10.7. The highest BCUT2D eigenvalue weighted by Gasteiger charge is 2.29. The van der Waals surface area contributed by atoms with Gasteiger partial charge >= 0.3 is 5.97 Å². The summed E-state index contributed by atoms with van der Waals surface area (Å²) in [7, 11) is -3.62. The van der Waals surface area contributed by atoms with Crippen LogP contribution in [0.2, 0.25) is 0 Å². The van der Waals surface area contributed by atoms with E-state index < -0.39 is 22.1 Å². The average Bonchev–Trinajstić information content (AvgIpc) is 2.64. The number of piperidine rings is 1.